The van der Waals surface area contributed by atoms with Gasteiger partial charge in [-0.05, 0) is 6.42 Å². The van der Waals surface area contributed by atoms with Crippen molar-refractivity contribution in [3.05, 3.63) is 0 Å². The Bertz CT molecular complexity index is 470. The van der Waals surface area contributed by atoms with Gasteiger partial charge >= 0.3 is 0 Å². The van der Waals surface area contributed by atoms with Gasteiger partial charge < -0.3 is 61.6 Å². The van der Waals surface area contributed by atoms with Gasteiger partial charge in [-0.2, -0.15) is 0 Å². The molecule has 0 atom stereocenters. The largest absolute Gasteiger partial charge is 0.379 e. The number of unbranched alkanes of at least 4 members (excludes halogenated alkanes) is 2. The summed E-state index contributed by atoms with van der Waals surface area (Å²) in [6, 6.07) is 0. The molecule has 0 amide bonds. The van der Waals surface area contributed by atoms with Gasteiger partial charge in [0.15, 0.2) is 0 Å². The fraction of sp³-hybridized carbons (Fsp3) is 1.00. The Labute approximate surface area is 276 Å². The summed E-state index contributed by atoms with van der Waals surface area (Å²) in [5.74, 6) is 0.498. The summed E-state index contributed by atoms with van der Waals surface area (Å²) in [4.78, 5) is 0. The number of ether oxygens (including phenoxy) is 13. The lowest BCUT2D eigenvalue weighted by atomic mass is 10.3. The lowest BCUT2D eigenvalue weighted by Crippen LogP contribution is -2.15. The first kappa shape index (κ1) is 44.8. The molecule has 45 heavy (non-hydrogen) atoms. The van der Waals surface area contributed by atoms with Crippen molar-refractivity contribution in [3.8, 4) is 0 Å². The van der Waals surface area contributed by atoms with Crippen molar-refractivity contribution in [1.29, 1.82) is 0 Å². The molecule has 0 unspecified atom stereocenters. The van der Waals surface area contributed by atoms with Gasteiger partial charge in [-0.1, -0.05) is 19.8 Å². The molecule has 0 saturated heterocycles. The van der Waals surface area contributed by atoms with Gasteiger partial charge in [-0.15, -0.1) is 11.6 Å². The molecular weight excluding hydrogens is 616 g/mol. The van der Waals surface area contributed by atoms with Crippen LogP contribution in [0.15, 0.2) is 0 Å². The maximum atomic E-state index is 5.51. The summed E-state index contributed by atoms with van der Waals surface area (Å²) in [5.41, 5.74) is 0. The molecule has 0 saturated carbocycles. The van der Waals surface area contributed by atoms with Crippen LogP contribution in [0.1, 0.15) is 26.2 Å². The molecule has 0 N–H and O–H groups in total. The standard InChI is InChI=1S/C31H63ClO13/c1-2-3-4-6-33-8-10-35-12-14-37-16-18-39-20-22-41-24-26-43-28-30-45-31-29-44-27-25-42-23-21-40-19-17-38-15-13-36-11-9-34-7-5-32/h2-31H2,1H3. The minimum Gasteiger partial charge on any atom is -0.379 e. The number of alkyl halides is 1. The first-order valence-electron chi connectivity index (χ1n) is 16.5. The van der Waals surface area contributed by atoms with Gasteiger partial charge in [-0.3, -0.25) is 0 Å². The van der Waals surface area contributed by atoms with Crippen LogP contribution in [0, 0.1) is 0 Å². The van der Waals surface area contributed by atoms with Crippen molar-refractivity contribution in [2.75, 3.05) is 178 Å². The van der Waals surface area contributed by atoms with E-state index in [1.165, 1.54) is 12.8 Å². The van der Waals surface area contributed by atoms with Crippen molar-refractivity contribution in [1.82, 2.24) is 0 Å². The Balaban J connectivity index is 3.03. The third-order valence-electron chi connectivity index (χ3n) is 5.58. The molecule has 0 heterocycles. The smallest absolute Gasteiger partial charge is 0.0701 e. The molecule has 0 aromatic carbocycles. The second kappa shape index (κ2) is 43.8. The zero-order valence-electron chi connectivity index (χ0n) is 27.9. The molecule has 272 valence electrons. The Morgan fingerprint density at radius 1 is 0.244 bits per heavy atom. The molecule has 0 aliphatic heterocycles. The molecule has 0 aromatic heterocycles. The maximum absolute atomic E-state index is 5.51. The number of hydrogen-bond donors (Lipinski definition) is 0. The van der Waals surface area contributed by atoms with E-state index in [-0.39, 0.29) is 0 Å². The highest BCUT2D eigenvalue weighted by atomic mass is 35.5. The van der Waals surface area contributed by atoms with Crippen molar-refractivity contribution < 1.29 is 61.6 Å². The molecule has 0 radical (unpaired) electrons. The van der Waals surface area contributed by atoms with E-state index in [1.807, 2.05) is 0 Å². The van der Waals surface area contributed by atoms with Crippen LogP contribution in [-0.4, -0.2) is 178 Å². The van der Waals surface area contributed by atoms with E-state index in [1.54, 1.807) is 0 Å². The Morgan fingerprint density at radius 3 is 0.600 bits per heavy atom. The van der Waals surface area contributed by atoms with Crippen molar-refractivity contribution in [2.45, 2.75) is 26.2 Å². The van der Waals surface area contributed by atoms with E-state index in [0.717, 1.165) is 13.0 Å². The van der Waals surface area contributed by atoms with E-state index in [9.17, 15) is 0 Å². The zero-order chi connectivity index (χ0) is 32.4. The van der Waals surface area contributed by atoms with Crippen LogP contribution in [0.2, 0.25) is 0 Å². The minimum atomic E-state index is 0.498. The highest BCUT2D eigenvalue weighted by Gasteiger charge is 1.97. The summed E-state index contributed by atoms with van der Waals surface area (Å²) in [5, 5.41) is 0. The molecule has 0 bridgehead atoms. The van der Waals surface area contributed by atoms with Crippen LogP contribution in [0.25, 0.3) is 0 Å². The fourth-order valence-electron chi connectivity index (χ4n) is 3.25. The third kappa shape index (κ3) is 43.8. The van der Waals surface area contributed by atoms with Gasteiger partial charge in [-0.25, -0.2) is 0 Å². The second-order valence-electron chi connectivity index (χ2n) is 9.36. The highest BCUT2D eigenvalue weighted by molar-refractivity contribution is 6.17. The van der Waals surface area contributed by atoms with E-state index >= 15 is 0 Å². The van der Waals surface area contributed by atoms with E-state index in [0.29, 0.717) is 171 Å². The molecule has 0 aliphatic carbocycles. The molecule has 0 rings (SSSR count). The van der Waals surface area contributed by atoms with Gasteiger partial charge in [0.1, 0.15) is 0 Å². The molecule has 14 heteroatoms. The summed E-state index contributed by atoms with van der Waals surface area (Å²) in [6.45, 7) is 16.4. The average molecular weight is 679 g/mol. The highest BCUT2D eigenvalue weighted by Crippen LogP contribution is 1.94. The number of rotatable bonds is 42. The number of hydrogen-bond acceptors (Lipinski definition) is 13. The lowest BCUT2D eigenvalue weighted by Gasteiger charge is -2.09. The zero-order valence-corrected chi connectivity index (χ0v) is 28.7. The predicted molar refractivity (Wildman–Crippen MR) is 171 cm³/mol. The summed E-state index contributed by atoms with van der Waals surface area (Å²) in [7, 11) is 0. The molecule has 0 aromatic rings. The van der Waals surface area contributed by atoms with Crippen molar-refractivity contribution in [3.63, 3.8) is 0 Å². The molecular formula is C31H63ClO13. The minimum absolute atomic E-state index is 0.498. The first-order valence-corrected chi connectivity index (χ1v) is 17.0. The van der Waals surface area contributed by atoms with Crippen LogP contribution >= 0.6 is 11.6 Å². The lowest BCUT2D eigenvalue weighted by molar-refractivity contribution is -0.0289. The molecule has 0 fully saturated rings. The summed E-state index contributed by atoms with van der Waals surface area (Å²) in [6.07, 6.45) is 3.54. The second-order valence-corrected chi connectivity index (χ2v) is 9.73. The van der Waals surface area contributed by atoms with Crippen molar-refractivity contribution >= 4 is 11.6 Å². The van der Waals surface area contributed by atoms with Gasteiger partial charge in [0.05, 0.1) is 165 Å². The SMILES string of the molecule is CCCCCOCCOCCOCCOCCOCCOCCOCCOCCOCCOCCOCCOCCOCCCl. The average Bonchev–Trinajstić information content (AvgIpc) is 3.05. The van der Waals surface area contributed by atoms with E-state index in [4.69, 9.17) is 73.2 Å². The van der Waals surface area contributed by atoms with Crippen LogP contribution < -0.4 is 0 Å². The maximum Gasteiger partial charge on any atom is 0.0701 e. The van der Waals surface area contributed by atoms with Crippen LogP contribution in [0.3, 0.4) is 0 Å². The van der Waals surface area contributed by atoms with E-state index < -0.39 is 0 Å². The Morgan fingerprint density at radius 2 is 0.422 bits per heavy atom. The Kier molecular flexibility index (Phi) is 43.5. The molecule has 0 aliphatic rings. The summed E-state index contributed by atoms with van der Waals surface area (Å²) >= 11 is 5.51. The normalized spacial score (nSPS) is 11.6. The van der Waals surface area contributed by atoms with Crippen molar-refractivity contribution in [2.24, 2.45) is 0 Å². The quantitative estimate of drug-likeness (QED) is 0.0696. The van der Waals surface area contributed by atoms with Gasteiger partial charge in [0, 0.05) is 12.5 Å². The van der Waals surface area contributed by atoms with Crippen LogP contribution in [-0.2, 0) is 61.6 Å². The number of halogens is 1. The monoisotopic (exact) mass is 678 g/mol. The molecule has 0 spiro atoms. The van der Waals surface area contributed by atoms with E-state index in [2.05, 4.69) is 6.92 Å². The predicted octanol–water partition coefficient (Wildman–Crippen LogP) is 2.63. The topological polar surface area (TPSA) is 120 Å². The fourth-order valence-corrected chi connectivity index (χ4v) is 3.36. The third-order valence-corrected chi connectivity index (χ3v) is 5.73. The summed E-state index contributed by atoms with van der Waals surface area (Å²) < 4.78 is 70.7. The first-order chi connectivity index (χ1) is 22.4. The molecule has 13 nitrogen and oxygen atoms in total. The van der Waals surface area contributed by atoms with Gasteiger partial charge in [0.25, 0.3) is 0 Å². The van der Waals surface area contributed by atoms with Gasteiger partial charge in [0.2, 0.25) is 0 Å². The Hall–Kier alpha value is -0.230. The van der Waals surface area contributed by atoms with Crippen LogP contribution in [0.4, 0.5) is 0 Å². The van der Waals surface area contributed by atoms with Crippen LogP contribution in [0.5, 0.6) is 0 Å².